The predicted molar refractivity (Wildman–Crippen MR) is 103 cm³/mol. The van der Waals surface area contributed by atoms with E-state index in [1.54, 1.807) is 0 Å². The summed E-state index contributed by atoms with van der Waals surface area (Å²) in [7, 11) is -0.962. The van der Waals surface area contributed by atoms with Gasteiger partial charge in [-0.15, -0.1) is 0 Å². The minimum absolute atomic E-state index is 0.209. The van der Waals surface area contributed by atoms with Crippen LogP contribution in [0.15, 0.2) is 54.6 Å². The Morgan fingerprint density at radius 3 is 2.17 bits per heavy atom. The minimum atomic E-state index is -0.962. The Labute approximate surface area is 148 Å². The second kappa shape index (κ2) is 7.20. The van der Waals surface area contributed by atoms with Crippen LogP contribution in [-0.2, 0) is 11.0 Å². The summed E-state index contributed by atoms with van der Waals surface area (Å²) in [5.41, 5.74) is 3.76. The van der Waals surface area contributed by atoms with E-state index in [2.05, 4.69) is 73.6 Å². The molecule has 0 aliphatic carbocycles. The lowest BCUT2D eigenvalue weighted by Gasteiger charge is -2.38. The molecule has 0 N–H and O–H groups in total. The Morgan fingerprint density at radius 2 is 1.54 bits per heavy atom. The van der Waals surface area contributed by atoms with Crippen molar-refractivity contribution < 1.29 is 4.21 Å². The van der Waals surface area contributed by atoms with E-state index >= 15 is 0 Å². The van der Waals surface area contributed by atoms with Gasteiger partial charge in [-0.3, -0.25) is 0 Å². The molecule has 24 heavy (non-hydrogen) atoms. The number of piperidine rings is 1. The lowest BCUT2D eigenvalue weighted by Crippen LogP contribution is -2.42. The van der Waals surface area contributed by atoms with Crippen LogP contribution in [-0.4, -0.2) is 19.8 Å². The average molecular weight is 342 g/mol. The number of hydrogen-bond donors (Lipinski definition) is 0. The van der Waals surface area contributed by atoms with Crippen molar-refractivity contribution in [2.75, 3.05) is 6.54 Å². The molecule has 3 rings (SSSR count). The highest BCUT2D eigenvalue weighted by atomic mass is 32.2. The van der Waals surface area contributed by atoms with Gasteiger partial charge in [-0.05, 0) is 50.3 Å². The molecule has 0 saturated carbocycles. The van der Waals surface area contributed by atoms with Gasteiger partial charge >= 0.3 is 0 Å². The lowest BCUT2D eigenvalue weighted by atomic mass is 9.95. The molecule has 2 nitrogen and oxygen atoms in total. The number of rotatable bonds is 3. The second-order valence-corrected chi connectivity index (χ2v) is 9.69. The molecule has 2 aromatic carbocycles. The van der Waals surface area contributed by atoms with E-state index in [1.165, 1.54) is 23.1 Å². The largest absolute Gasteiger partial charge is 0.242 e. The summed E-state index contributed by atoms with van der Waals surface area (Å²) < 4.78 is 14.9. The van der Waals surface area contributed by atoms with Crippen LogP contribution in [0.5, 0.6) is 0 Å². The van der Waals surface area contributed by atoms with Crippen LogP contribution in [0, 0.1) is 0 Å². The van der Waals surface area contributed by atoms with Crippen molar-refractivity contribution in [1.29, 1.82) is 0 Å². The molecule has 1 heterocycles. The van der Waals surface area contributed by atoms with Gasteiger partial charge in [0.15, 0.2) is 0 Å². The normalized spacial score (nSPS) is 20.7. The summed E-state index contributed by atoms with van der Waals surface area (Å²) in [5.74, 6) is 0. The molecule has 0 radical (unpaired) electrons. The molecule has 1 aliphatic heterocycles. The zero-order valence-corrected chi connectivity index (χ0v) is 15.7. The molecule has 1 fully saturated rings. The molecule has 0 unspecified atom stereocenters. The lowest BCUT2D eigenvalue weighted by molar-refractivity contribution is 0.264. The van der Waals surface area contributed by atoms with Gasteiger partial charge in [0.25, 0.3) is 0 Å². The third-order valence-electron chi connectivity index (χ3n) is 4.59. The first-order chi connectivity index (χ1) is 11.5. The van der Waals surface area contributed by atoms with Crippen LogP contribution >= 0.6 is 0 Å². The molecule has 2 atom stereocenters. The van der Waals surface area contributed by atoms with Gasteiger partial charge in [-0.25, -0.2) is 8.51 Å². The first-order valence-corrected chi connectivity index (χ1v) is 9.91. The summed E-state index contributed by atoms with van der Waals surface area (Å²) in [6, 6.07) is 19.5. The van der Waals surface area contributed by atoms with Crippen LogP contribution in [0.4, 0.5) is 0 Å². The van der Waals surface area contributed by atoms with Gasteiger partial charge in [0.05, 0.1) is 4.75 Å². The van der Waals surface area contributed by atoms with Gasteiger partial charge < -0.3 is 0 Å². The highest BCUT2D eigenvalue weighted by molar-refractivity contribution is 7.84. The summed E-state index contributed by atoms with van der Waals surface area (Å²) in [4.78, 5) is 0. The molecular weight excluding hydrogens is 314 g/mol. The second-order valence-electron chi connectivity index (χ2n) is 7.50. The topological polar surface area (TPSA) is 20.3 Å². The molecule has 2 aromatic rings. The quantitative estimate of drug-likeness (QED) is 0.737. The fourth-order valence-corrected chi connectivity index (χ4v) is 4.77. The number of benzene rings is 2. The van der Waals surface area contributed by atoms with E-state index in [0.29, 0.717) is 0 Å². The van der Waals surface area contributed by atoms with Gasteiger partial charge in [-0.1, -0.05) is 61.0 Å². The molecule has 0 spiro atoms. The Kier molecular flexibility index (Phi) is 5.21. The fraction of sp³-hybridized carbons (Fsp3) is 0.429. The van der Waals surface area contributed by atoms with E-state index in [0.717, 1.165) is 19.4 Å². The molecule has 1 saturated heterocycles. The first kappa shape index (κ1) is 17.4. The third kappa shape index (κ3) is 3.79. The van der Waals surface area contributed by atoms with Crippen LogP contribution in [0.25, 0.3) is 11.1 Å². The maximum Gasteiger partial charge on any atom is 0.100 e. The Bertz CT molecular complexity index is 688. The van der Waals surface area contributed by atoms with E-state index in [1.807, 2.05) is 6.07 Å². The minimum Gasteiger partial charge on any atom is -0.242 e. The third-order valence-corrected chi connectivity index (χ3v) is 6.50. The Hall–Kier alpha value is -1.45. The van der Waals surface area contributed by atoms with Crippen molar-refractivity contribution in [3.8, 4) is 11.1 Å². The van der Waals surface area contributed by atoms with Crippen LogP contribution in [0.3, 0.4) is 0 Å². The van der Waals surface area contributed by atoms with E-state index < -0.39 is 11.0 Å². The summed E-state index contributed by atoms with van der Waals surface area (Å²) >= 11 is 0. The van der Waals surface area contributed by atoms with Crippen molar-refractivity contribution >= 4 is 11.0 Å². The predicted octanol–water partition coefficient (Wildman–Crippen LogP) is 5.34. The molecule has 3 heteroatoms. The first-order valence-electron chi connectivity index (χ1n) is 8.81. The molecule has 0 bridgehead atoms. The average Bonchev–Trinajstić information content (AvgIpc) is 2.61. The number of hydrogen-bond acceptors (Lipinski definition) is 1. The van der Waals surface area contributed by atoms with Crippen LogP contribution < -0.4 is 0 Å². The van der Waals surface area contributed by atoms with Gasteiger partial charge in [0.2, 0.25) is 0 Å². The molecule has 1 aliphatic rings. The van der Waals surface area contributed by atoms with Crippen molar-refractivity contribution in [1.82, 2.24) is 4.31 Å². The Balaban J connectivity index is 1.85. The summed E-state index contributed by atoms with van der Waals surface area (Å²) in [6.07, 6.45) is 3.44. The zero-order chi connectivity index (χ0) is 17.2. The van der Waals surface area contributed by atoms with Crippen LogP contribution in [0.2, 0.25) is 0 Å². The van der Waals surface area contributed by atoms with E-state index in [9.17, 15) is 4.21 Å². The standard InChI is InChI=1S/C21H27NOS/c1-21(2,3)24(23)22-16-8-7-11-20(22)19-14-12-18(13-15-19)17-9-5-4-6-10-17/h4-6,9-10,12-15,20H,7-8,11,16H2,1-3H3/t20-,24-/m1/s1. The molecule has 0 amide bonds. The van der Waals surface area contributed by atoms with Gasteiger partial charge in [0, 0.05) is 12.6 Å². The van der Waals surface area contributed by atoms with Gasteiger partial charge in [-0.2, -0.15) is 0 Å². The summed E-state index contributed by atoms with van der Waals surface area (Å²) in [5, 5.41) is 0. The summed E-state index contributed by atoms with van der Waals surface area (Å²) in [6.45, 7) is 7.11. The van der Waals surface area contributed by atoms with E-state index in [4.69, 9.17) is 0 Å². The maximum absolute atomic E-state index is 12.9. The molecule has 0 aromatic heterocycles. The number of nitrogens with zero attached hydrogens (tertiary/aromatic N) is 1. The highest BCUT2D eigenvalue weighted by Gasteiger charge is 2.33. The van der Waals surface area contributed by atoms with E-state index in [-0.39, 0.29) is 10.8 Å². The Morgan fingerprint density at radius 1 is 0.917 bits per heavy atom. The van der Waals surface area contributed by atoms with Crippen LogP contribution in [0.1, 0.15) is 51.6 Å². The van der Waals surface area contributed by atoms with Gasteiger partial charge in [0.1, 0.15) is 11.0 Å². The molecule has 128 valence electrons. The smallest absolute Gasteiger partial charge is 0.100 e. The highest BCUT2D eigenvalue weighted by Crippen LogP contribution is 2.35. The van der Waals surface area contributed by atoms with Crippen molar-refractivity contribution in [3.63, 3.8) is 0 Å². The van der Waals surface area contributed by atoms with Crippen molar-refractivity contribution in [2.45, 2.75) is 50.8 Å². The SMILES string of the molecule is CC(C)(C)[S@@](=O)N1CCCC[C@@H]1c1ccc(-c2ccccc2)cc1. The molecular formula is C21H27NOS. The zero-order valence-electron chi connectivity index (χ0n) is 14.9. The van der Waals surface area contributed by atoms with Crippen molar-refractivity contribution in [2.24, 2.45) is 0 Å². The van der Waals surface area contributed by atoms with Crippen molar-refractivity contribution in [3.05, 3.63) is 60.2 Å². The monoisotopic (exact) mass is 341 g/mol. The maximum atomic E-state index is 12.9. The fourth-order valence-electron chi connectivity index (χ4n) is 3.32.